The predicted octanol–water partition coefficient (Wildman–Crippen LogP) is 0.433. The van der Waals surface area contributed by atoms with Crippen molar-refractivity contribution in [2.45, 2.75) is 49.8 Å². The molecule has 3 heterocycles. The highest BCUT2D eigenvalue weighted by Crippen LogP contribution is 2.44. The van der Waals surface area contributed by atoms with Crippen LogP contribution >= 0.6 is 0 Å². The molecule has 78 valence electrons. The van der Waals surface area contributed by atoms with E-state index in [4.69, 9.17) is 4.84 Å². The van der Waals surface area contributed by atoms with Gasteiger partial charge in [-0.05, 0) is 32.7 Å². The first-order chi connectivity index (χ1) is 6.69. The third kappa shape index (κ3) is 1.10. The van der Waals surface area contributed by atoms with E-state index >= 15 is 0 Å². The fourth-order valence-electron chi connectivity index (χ4n) is 3.28. The predicted molar refractivity (Wildman–Crippen MR) is 50.4 cm³/mol. The van der Waals surface area contributed by atoms with Gasteiger partial charge in [0.15, 0.2) is 0 Å². The van der Waals surface area contributed by atoms with Crippen LogP contribution in [-0.4, -0.2) is 35.5 Å². The van der Waals surface area contributed by atoms with Gasteiger partial charge in [0.05, 0.1) is 6.42 Å². The highest BCUT2D eigenvalue weighted by molar-refractivity contribution is 5.77. The molecule has 0 aromatic rings. The molecule has 4 nitrogen and oxygen atoms in total. The van der Waals surface area contributed by atoms with E-state index in [1.165, 1.54) is 12.8 Å². The number of fused-ring (bicyclic) bond motifs is 2. The smallest absolute Gasteiger partial charge is 0.246 e. The molecule has 3 saturated heterocycles. The first-order valence-electron chi connectivity index (χ1n) is 5.37. The second-order valence-corrected chi connectivity index (χ2v) is 4.95. The molecule has 3 aliphatic rings. The number of rotatable bonds is 0. The van der Waals surface area contributed by atoms with Crippen molar-refractivity contribution >= 4 is 5.91 Å². The van der Waals surface area contributed by atoms with Crippen molar-refractivity contribution in [1.29, 1.82) is 0 Å². The van der Waals surface area contributed by atoms with Gasteiger partial charge in [0, 0.05) is 12.1 Å². The lowest BCUT2D eigenvalue weighted by atomic mass is 9.84. The second-order valence-electron chi connectivity index (χ2n) is 4.95. The molecule has 3 aliphatic heterocycles. The number of piperidine rings is 1. The average Bonchev–Trinajstić information content (AvgIpc) is 2.58. The van der Waals surface area contributed by atoms with Gasteiger partial charge in [-0.25, -0.2) is 5.48 Å². The largest absolute Gasteiger partial charge is 0.300 e. The van der Waals surface area contributed by atoms with Crippen LogP contribution in [0, 0.1) is 0 Å². The van der Waals surface area contributed by atoms with Crippen molar-refractivity contribution in [2.75, 3.05) is 7.05 Å². The molecule has 0 aromatic heterocycles. The molecular formula is C10H16N2O2. The number of carbonyl (C=O) groups excluding carboxylic acids is 1. The molecule has 1 amide bonds. The molecule has 0 saturated carbocycles. The zero-order valence-electron chi connectivity index (χ0n) is 8.45. The van der Waals surface area contributed by atoms with Crippen LogP contribution in [0.25, 0.3) is 0 Å². The maximum absolute atomic E-state index is 11.2. The molecule has 4 heteroatoms. The number of nitrogens with zero attached hydrogens (tertiary/aromatic N) is 1. The van der Waals surface area contributed by atoms with E-state index in [1.54, 1.807) is 0 Å². The number of hydrogen-bond acceptors (Lipinski definition) is 3. The van der Waals surface area contributed by atoms with Crippen LogP contribution < -0.4 is 5.48 Å². The molecule has 3 rings (SSSR count). The summed E-state index contributed by atoms with van der Waals surface area (Å²) >= 11 is 0. The molecule has 0 radical (unpaired) electrons. The van der Waals surface area contributed by atoms with Crippen molar-refractivity contribution in [2.24, 2.45) is 0 Å². The first-order valence-corrected chi connectivity index (χ1v) is 5.37. The SMILES string of the molecule is CN1[C@@H]2CC[C@H]1CC1(CC(=O)NO1)C2. The summed E-state index contributed by atoms with van der Waals surface area (Å²) in [5.41, 5.74) is 2.34. The van der Waals surface area contributed by atoms with Crippen molar-refractivity contribution in [3.63, 3.8) is 0 Å². The van der Waals surface area contributed by atoms with E-state index in [0.29, 0.717) is 18.5 Å². The molecule has 3 atom stereocenters. The molecule has 3 fully saturated rings. The molecule has 1 spiro atoms. The second kappa shape index (κ2) is 2.70. The molecule has 1 N–H and O–H groups in total. The van der Waals surface area contributed by atoms with Gasteiger partial charge in [-0.2, -0.15) is 0 Å². The Morgan fingerprint density at radius 3 is 2.57 bits per heavy atom. The number of carbonyl (C=O) groups is 1. The van der Waals surface area contributed by atoms with Crippen LogP contribution in [-0.2, 0) is 9.63 Å². The van der Waals surface area contributed by atoms with Gasteiger partial charge in [-0.1, -0.05) is 0 Å². The van der Waals surface area contributed by atoms with E-state index in [2.05, 4.69) is 17.4 Å². The van der Waals surface area contributed by atoms with Gasteiger partial charge >= 0.3 is 0 Å². The van der Waals surface area contributed by atoms with E-state index < -0.39 is 0 Å². The van der Waals surface area contributed by atoms with Gasteiger partial charge in [0.1, 0.15) is 5.60 Å². The maximum Gasteiger partial charge on any atom is 0.246 e. The van der Waals surface area contributed by atoms with Gasteiger partial charge in [0.25, 0.3) is 0 Å². The molecule has 0 aliphatic carbocycles. The Hall–Kier alpha value is -0.610. The van der Waals surface area contributed by atoms with Gasteiger partial charge in [-0.15, -0.1) is 0 Å². The summed E-state index contributed by atoms with van der Waals surface area (Å²) in [5.74, 6) is 0.0500. The first kappa shape index (κ1) is 8.68. The van der Waals surface area contributed by atoms with E-state index in [9.17, 15) is 4.79 Å². The molecular weight excluding hydrogens is 180 g/mol. The number of hydrogen-bond donors (Lipinski definition) is 1. The van der Waals surface area contributed by atoms with Gasteiger partial charge in [0.2, 0.25) is 5.91 Å². The Labute approximate surface area is 83.5 Å². The highest BCUT2D eigenvalue weighted by atomic mass is 16.7. The van der Waals surface area contributed by atoms with Crippen LogP contribution in [0.5, 0.6) is 0 Å². The Kier molecular flexibility index (Phi) is 1.67. The third-order valence-corrected chi connectivity index (χ3v) is 4.06. The zero-order valence-corrected chi connectivity index (χ0v) is 8.45. The Balaban J connectivity index is 1.82. The summed E-state index contributed by atoms with van der Waals surface area (Å²) in [6.07, 6.45) is 5.12. The van der Waals surface area contributed by atoms with Crippen molar-refractivity contribution in [1.82, 2.24) is 10.4 Å². The summed E-state index contributed by atoms with van der Waals surface area (Å²) in [6.45, 7) is 0. The van der Waals surface area contributed by atoms with E-state index in [0.717, 1.165) is 12.8 Å². The minimum absolute atomic E-state index is 0.0500. The fourth-order valence-corrected chi connectivity index (χ4v) is 3.28. The average molecular weight is 196 g/mol. The molecule has 1 unspecified atom stereocenters. The third-order valence-electron chi connectivity index (χ3n) is 4.06. The Bertz CT molecular complexity index is 265. The van der Waals surface area contributed by atoms with Gasteiger partial charge in [-0.3, -0.25) is 9.63 Å². The minimum Gasteiger partial charge on any atom is -0.300 e. The normalized spacial score (nSPS) is 47.4. The molecule has 0 aromatic carbocycles. The number of amides is 1. The van der Waals surface area contributed by atoms with Gasteiger partial charge < -0.3 is 4.90 Å². The fraction of sp³-hybridized carbons (Fsp3) is 0.900. The van der Waals surface area contributed by atoms with Crippen LogP contribution in [0.1, 0.15) is 32.1 Å². The number of nitrogens with one attached hydrogen (secondary N) is 1. The van der Waals surface area contributed by atoms with Crippen molar-refractivity contribution in [3.8, 4) is 0 Å². The molecule has 14 heavy (non-hydrogen) atoms. The lowest BCUT2D eigenvalue weighted by molar-refractivity contribution is -0.129. The monoisotopic (exact) mass is 196 g/mol. The Morgan fingerprint density at radius 2 is 2.07 bits per heavy atom. The van der Waals surface area contributed by atoms with Crippen LogP contribution in [0.15, 0.2) is 0 Å². The summed E-state index contributed by atoms with van der Waals surface area (Å²) in [5, 5.41) is 0. The Morgan fingerprint density at radius 1 is 1.43 bits per heavy atom. The molecule has 2 bridgehead atoms. The topological polar surface area (TPSA) is 41.6 Å². The summed E-state index contributed by atoms with van der Waals surface area (Å²) in [6, 6.07) is 1.25. The van der Waals surface area contributed by atoms with Crippen molar-refractivity contribution < 1.29 is 9.63 Å². The van der Waals surface area contributed by atoms with E-state index in [-0.39, 0.29) is 11.5 Å². The minimum atomic E-state index is -0.171. The summed E-state index contributed by atoms with van der Waals surface area (Å²) in [4.78, 5) is 19.1. The standard InChI is InChI=1S/C10H16N2O2/c1-12-7-2-3-8(12)5-10(4-7)6-9(13)11-14-10/h7-8H,2-6H2,1H3,(H,11,13)/t7-,8+,10?. The van der Waals surface area contributed by atoms with Crippen LogP contribution in [0.4, 0.5) is 0 Å². The lowest BCUT2D eigenvalue weighted by Gasteiger charge is -2.40. The maximum atomic E-state index is 11.2. The summed E-state index contributed by atoms with van der Waals surface area (Å²) < 4.78 is 0. The summed E-state index contributed by atoms with van der Waals surface area (Å²) in [7, 11) is 2.19. The van der Waals surface area contributed by atoms with Crippen molar-refractivity contribution in [3.05, 3.63) is 0 Å². The van der Waals surface area contributed by atoms with Crippen LogP contribution in [0.3, 0.4) is 0 Å². The quantitative estimate of drug-likeness (QED) is 0.611. The van der Waals surface area contributed by atoms with Crippen LogP contribution in [0.2, 0.25) is 0 Å². The van der Waals surface area contributed by atoms with E-state index in [1.807, 2.05) is 0 Å². The lowest BCUT2D eigenvalue weighted by Crippen LogP contribution is -2.49. The number of hydroxylamine groups is 1. The zero-order chi connectivity index (χ0) is 9.76. The highest BCUT2D eigenvalue weighted by Gasteiger charge is 2.51.